The molecule has 4 heteroatoms. The molecule has 0 aliphatic carbocycles. The fourth-order valence-electron chi connectivity index (χ4n) is 1.79. The fraction of sp³-hybridized carbons (Fsp3) is 0.917. The summed E-state index contributed by atoms with van der Waals surface area (Å²) in [5.41, 5.74) is -0.746. The average Bonchev–Trinajstić information content (AvgIpc) is 1.97. The molecule has 0 N–H and O–H groups in total. The van der Waals surface area contributed by atoms with Gasteiger partial charge in [0.25, 0.3) is 0 Å². The maximum Gasteiger partial charge on any atom is 0.410 e. The van der Waals surface area contributed by atoms with E-state index in [0.29, 0.717) is 0 Å². The molecule has 1 aliphatic heterocycles. The predicted molar refractivity (Wildman–Crippen MR) is 62.4 cm³/mol. The lowest BCUT2D eigenvalue weighted by molar-refractivity contribution is -0.0949. The molecule has 4 nitrogen and oxygen atoms in total. The normalized spacial score (nSPS) is 21.6. The monoisotopic (exact) mass is 229 g/mol. The number of carbonyl (C=O) groups excluding carboxylic acids is 1. The summed E-state index contributed by atoms with van der Waals surface area (Å²) in [7, 11) is 1.67. The van der Waals surface area contributed by atoms with Crippen LogP contribution in [0, 0.1) is 0 Å². The Labute approximate surface area is 97.9 Å². The molecule has 1 saturated heterocycles. The van der Waals surface area contributed by atoms with E-state index in [2.05, 4.69) is 0 Å². The van der Waals surface area contributed by atoms with Gasteiger partial charge in [0.15, 0.2) is 0 Å². The SMILES string of the molecule is COC(C)(C)C1CCN1C(=O)OC(C)(C)C. The molecule has 0 aromatic rings. The summed E-state index contributed by atoms with van der Waals surface area (Å²) >= 11 is 0. The van der Waals surface area contributed by atoms with Crippen molar-refractivity contribution in [3.05, 3.63) is 0 Å². The van der Waals surface area contributed by atoms with Crippen LogP contribution in [0.5, 0.6) is 0 Å². The van der Waals surface area contributed by atoms with E-state index in [1.807, 2.05) is 34.6 Å². The first kappa shape index (κ1) is 13.3. The van der Waals surface area contributed by atoms with Crippen molar-refractivity contribution in [1.82, 2.24) is 4.90 Å². The first-order chi connectivity index (χ1) is 7.17. The number of nitrogens with zero attached hydrogens (tertiary/aromatic N) is 1. The van der Waals surface area contributed by atoms with Crippen molar-refractivity contribution >= 4 is 6.09 Å². The van der Waals surface area contributed by atoms with Crippen LogP contribution >= 0.6 is 0 Å². The summed E-state index contributed by atoms with van der Waals surface area (Å²) in [4.78, 5) is 13.6. The van der Waals surface area contributed by atoms with E-state index in [1.54, 1.807) is 12.0 Å². The second-order valence-electron chi connectivity index (χ2n) is 5.79. The van der Waals surface area contributed by atoms with Crippen LogP contribution in [0.4, 0.5) is 4.79 Å². The third-order valence-corrected chi connectivity index (χ3v) is 2.98. The molecule has 16 heavy (non-hydrogen) atoms. The molecule has 0 bridgehead atoms. The van der Waals surface area contributed by atoms with Gasteiger partial charge in [-0.3, -0.25) is 0 Å². The van der Waals surface area contributed by atoms with Crippen LogP contribution in [0.15, 0.2) is 0 Å². The highest BCUT2D eigenvalue weighted by molar-refractivity contribution is 5.69. The van der Waals surface area contributed by atoms with Gasteiger partial charge in [-0.2, -0.15) is 0 Å². The Bertz CT molecular complexity index is 268. The Kier molecular flexibility index (Phi) is 3.53. The summed E-state index contributed by atoms with van der Waals surface area (Å²) in [5, 5.41) is 0. The van der Waals surface area contributed by atoms with Gasteiger partial charge in [0.05, 0.1) is 11.6 Å². The van der Waals surface area contributed by atoms with Crippen LogP contribution in [-0.4, -0.2) is 41.9 Å². The van der Waals surface area contributed by atoms with Crippen molar-refractivity contribution in [3.63, 3.8) is 0 Å². The maximum atomic E-state index is 11.9. The van der Waals surface area contributed by atoms with Crippen molar-refractivity contribution in [2.24, 2.45) is 0 Å². The molecule has 1 rings (SSSR count). The number of rotatable bonds is 2. The van der Waals surface area contributed by atoms with Crippen LogP contribution in [0.1, 0.15) is 41.0 Å². The fourth-order valence-corrected chi connectivity index (χ4v) is 1.79. The molecule has 1 aliphatic rings. The van der Waals surface area contributed by atoms with Crippen molar-refractivity contribution < 1.29 is 14.3 Å². The molecule has 1 fully saturated rings. The van der Waals surface area contributed by atoms with Crippen molar-refractivity contribution in [1.29, 1.82) is 0 Å². The smallest absolute Gasteiger partial charge is 0.410 e. The third kappa shape index (κ3) is 2.88. The molecular weight excluding hydrogens is 206 g/mol. The van der Waals surface area contributed by atoms with Crippen LogP contribution in [0.3, 0.4) is 0 Å². The van der Waals surface area contributed by atoms with E-state index >= 15 is 0 Å². The Morgan fingerprint density at radius 1 is 1.25 bits per heavy atom. The predicted octanol–water partition coefficient (Wildman–Crippen LogP) is 2.42. The zero-order chi connectivity index (χ0) is 12.6. The van der Waals surface area contributed by atoms with E-state index in [1.165, 1.54) is 0 Å². The number of hydrogen-bond donors (Lipinski definition) is 0. The maximum absolute atomic E-state index is 11.9. The van der Waals surface area contributed by atoms with Gasteiger partial charge < -0.3 is 14.4 Å². The highest BCUT2D eigenvalue weighted by Gasteiger charge is 2.44. The number of hydrogen-bond acceptors (Lipinski definition) is 3. The van der Waals surface area contributed by atoms with E-state index < -0.39 is 5.60 Å². The number of likely N-dealkylation sites (tertiary alicyclic amines) is 1. The van der Waals surface area contributed by atoms with Gasteiger partial charge in [0, 0.05) is 13.7 Å². The molecule has 94 valence electrons. The van der Waals surface area contributed by atoms with Gasteiger partial charge in [-0.05, 0) is 41.0 Å². The molecule has 1 heterocycles. The molecule has 1 unspecified atom stereocenters. The van der Waals surface area contributed by atoms with Crippen LogP contribution < -0.4 is 0 Å². The van der Waals surface area contributed by atoms with Crippen LogP contribution in [-0.2, 0) is 9.47 Å². The lowest BCUT2D eigenvalue weighted by atomic mass is 9.88. The lowest BCUT2D eigenvalue weighted by Gasteiger charge is -2.48. The third-order valence-electron chi connectivity index (χ3n) is 2.98. The van der Waals surface area contributed by atoms with Gasteiger partial charge >= 0.3 is 6.09 Å². The first-order valence-corrected chi connectivity index (χ1v) is 5.72. The van der Waals surface area contributed by atoms with E-state index in [9.17, 15) is 4.79 Å². The minimum absolute atomic E-state index is 0.118. The van der Waals surface area contributed by atoms with Crippen LogP contribution in [0.2, 0.25) is 0 Å². The molecule has 0 aromatic heterocycles. The molecule has 0 radical (unpaired) electrons. The van der Waals surface area contributed by atoms with E-state index in [4.69, 9.17) is 9.47 Å². The summed E-state index contributed by atoms with van der Waals surface area (Å²) in [6.07, 6.45) is 0.731. The number of carbonyl (C=O) groups is 1. The van der Waals surface area contributed by atoms with Crippen molar-refractivity contribution in [2.45, 2.75) is 58.3 Å². The molecule has 0 spiro atoms. The number of amides is 1. The second kappa shape index (κ2) is 4.24. The Balaban J connectivity index is 2.60. The van der Waals surface area contributed by atoms with Gasteiger partial charge in [0.2, 0.25) is 0 Å². The summed E-state index contributed by atoms with van der Waals surface area (Å²) in [6.45, 7) is 10.4. The van der Waals surface area contributed by atoms with Crippen LogP contribution in [0.25, 0.3) is 0 Å². The summed E-state index contributed by atoms with van der Waals surface area (Å²) in [5.74, 6) is 0. The standard InChI is InChI=1S/C12H23NO3/c1-11(2,3)16-10(14)13-8-7-9(13)12(4,5)15-6/h9H,7-8H2,1-6H3. The number of ether oxygens (including phenoxy) is 2. The zero-order valence-corrected chi connectivity index (χ0v) is 11.2. The van der Waals surface area contributed by atoms with E-state index in [-0.39, 0.29) is 17.7 Å². The summed E-state index contributed by atoms with van der Waals surface area (Å²) in [6, 6.07) is 0.118. The Morgan fingerprint density at radius 3 is 2.12 bits per heavy atom. The zero-order valence-electron chi connectivity index (χ0n) is 11.2. The molecule has 0 aromatic carbocycles. The summed E-state index contributed by atoms with van der Waals surface area (Å²) < 4.78 is 10.7. The molecule has 0 saturated carbocycles. The van der Waals surface area contributed by atoms with Crippen molar-refractivity contribution in [2.75, 3.05) is 13.7 Å². The molecule has 1 atom stereocenters. The molecule has 1 amide bonds. The molecular formula is C12H23NO3. The second-order valence-corrected chi connectivity index (χ2v) is 5.79. The minimum atomic E-state index is -0.436. The topological polar surface area (TPSA) is 38.8 Å². The van der Waals surface area contributed by atoms with E-state index in [0.717, 1.165) is 13.0 Å². The first-order valence-electron chi connectivity index (χ1n) is 5.72. The average molecular weight is 229 g/mol. The minimum Gasteiger partial charge on any atom is -0.444 e. The largest absolute Gasteiger partial charge is 0.444 e. The van der Waals surface area contributed by atoms with Gasteiger partial charge in [-0.1, -0.05) is 0 Å². The quantitative estimate of drug-likeness (QED) is 0.730. The van der Waals surface area contributed by atoms with Crippen molar-refractivity contribution in [3.8, 4) is 0 Å². The lowest BCUT2D eigenvalue weighted by Crippen LogP contribution is -2.61. The highest BCUT2D eigenvalue weighted by Crippen LogP contribution is 2.31. The number of methoxy groups -OCH3 is 1. The van der Waals surface area contributed by atoms with Gasteiger partial charge in [-0.15, -0.1) is 0 Å². The Morgan fingerprint density at radius 2 is 1.81 bits per heavy atom. The highest BCUT2D eigenvalue weighted by atomic mass is 16.6. The van der Waals surface area contributed by atoms with Gasteiger partial charge in [0.1, 0.15) is 5.60 Å². The van der Waals surface area contributed by atoms with Gasteiger partial charge in [-0.25, -0.2) is 4.79 Å². The Hall–Kier alpha value is -0.770.